The van der Waals surface area contributed by atoms with Gasteiger partial charge in [0.05, 0.1) is 26.4 Å². The van der Waals surface area contributed by atoms with Gasteiger partial charge in [0, 0.05) is 0 Å². The van der Waals surface area contributed by atoms with Crippen LogP contribution in [-0.4, -0.2) is 57.9 Å². The fourth-order valence-electron chi connectivity index (χ4n) is 0.555. The van der Waals surface area contributed by atoms with Crippen LogP contribution in [0.2, 0.25) is 0 Å². The maximum Gasteiger partial charge on any atom is 1.00 e. The molecule has 0 aliphatic rings. The van der Waals surface area contributed by atoms with E-state index in [1.165, 1.54) is 0 Å². The number of aliphatic hydroxyl groups is 2. The minimum atomic E-state index is -4.29. The molecule has 4 N–H and O–H groups in total. The Labute approximate surface area is 141 Å². The Hall–Kier alpha value is 1.95. The molecule has 0 aromatic rings. The first-order chi connectivity index (χ1) is 6.49. The van der Waals surface area contributed by atoms with Gasteiger partial charge in [-0.2, -0.15) is 0 Å². The number of hydroxylamine groups is 2. The summed E-state index contributed by atoms with van der Waals surface area (Å²) in [6.07, 6.45) is -0.757. The molecule has 0 radical (unpaired) electrons. The second-order valence-electron chi connectivity index (χ2n) is 2.25. The summed E-state index contributed by atoms with van der Waals surface area (Å²) >= 11 is 0. The molecule has 0 atom stereocenters. The first-order valence-corrected chi connectivity index (χ1v) is 5.59. The number of hydrogen-bond donors (Lipinski definition) is 4. The summed E-state index contributed by atoms with van der Waals surface area (Å²) in [4.78, 5) is 26.4. The SMILES string of the molecule is O=P(O)(O)CN(OCCO)OCCO.[H-].[H-].[Na+].[Na+]. The van der Waals surface area contributed by atoms with Crippen LogP contribution >= 0.6 is 7.60 Å². The topological polar surface area (TPSA) is 120 Å². The molecular weight excluding hydrogens is 263 g/mol. The van der Waals surface area contributed by atoms with Crippen LogP contribution in [0.1, 0.15) is 2.85 Å². The van der Waals surface area contributed by atoms with Crippen molar-refractivity contribution in [2.75, 3.05) is 32.7 Å². The van der Waals surface area contributed by atoms with Crippen LogP contribution in [0.15, 0.2) is 0 Å². The van der Waals surface area contributed by atoms with Crippen molar-refractivity contribution in [3.8, 4) is 0 Å². The Balaban J connectivity index is -0.000000141. The maximum absolute atomic E-state index is 10.5. The summed E-state index contributed by atoms with van der Waals surface area (Å²) in [5.41, 5.74) is 0. The third kappa shape index (κ3) is 16.0. The van der Waals surface area contributed by atoms with Crippen LogP contribution in [-0.2, 0) is 14.2 Å². The maximum atomic E-state index is 10.5. The van der Waals surface area contributed by atoms with Gasteiger partial charge < -0.3 is 22.9 Å². The second kappa shape index (κ2) is 13.4. The monoisotopic (exact) mass is 279 g/mol. The molecule has 11 heteroatoms. The Morgan fingerprint density at radius 1 is 1.06 bits per heavy atom. The fraction of sp³-hybridized carbons (Fsp3) is 1.00. The van der Waals surface area contributed by atoms with E-state index in [1.54, 1.807) is 0 Å². The summed E-state index contributed by atoms with van der Waals surface area (Å²) in [6, 6.07) is 0. The van der Waals surface area contributed by atoms with Crippen molar-refractivity contribution in [3.05, 3.63) is 0 Å². The van der Waals surface area contributed by atoms with Gasteiger partial charge in [0.2, 0.25) is 0 Å². The largest absolute Gasteiger partial charge is 1.00 e. The van der Waals surface area contributed by atoms with Crippen LogP contribution in [0, 0.1) is 0 Å². The molecule has 0 aromatic heterocycles. The van der Waals surface area contributed by atoms with Gasteiger partial charge in [0.15, 0.2) is 6.29 Å². The van der Waals surface area contributed by atoms with Gasteiger partial charge in [-0.15, -0.1) is 0 Å². The van der Waals surface area contributed by atoms with Crippen molar-refractivity contribution in [2.45, 2.75) is 0 Å². The van der Waals surface area contributed by atoms with E-state index in [2.05, 4.69) is 9.68 Å². The Kier molecular flexibility index (Phi) is 19.3. The molecule has 0 spiro atoms. The molecule has 0 rings (SSSR count). The first kappa shape index (κ1) is 23.1. The van der Waals surface area contributed by atoms with Crippen LogP contribution in [0.3, 0.4) is 0 Å². The van der Waals surface area contributed by atoms with E-state index < -0.39 is 13.9 Å². The van der Waals surface area contributed by atoms with Gasteiger partial charge in [-0.05, 0) is 0 Å². The van der Waals surface area contributed by atoms with E-state index >= 15 is 0 Å². The van der Waals surface area contributed by atoms with E-state index in [9.17, 15) is 4.57 Å². The minimum Gasteiger partial charge on any atom is -1.00 e. The van der Waals surface area contributed by atoms with Crippen molar-refractivity contribution < 1.29 is 96.2 Å². The molecule has 0 heterocycles. The average Bonchev–Trinajstić information content (AvgIpc) is 2.07. The molecule has 0 bridgehead atoms. The molecule has 8 nitrogen and oxygen atoms in total. The molecule has 90 valence electrons. The quantitative estimate of drug-likeness (QED) is 0.196. The molecule has 0 aliphatic carbocycles. The summed E-state index contributed by atoms with van der Waals surface area (Å²) in [5, 5.41) is 17.3. The van der Waals surface area contributed by atoms with Crippen molar-refractivity contribution >= 4 is 7.60 Å². The van der Waals surface area contributed by atoms with Gasteiger partial charge in [0.25, 0.3) is 0 Å². The van der Waals surface area contributed by atoms with Gasteiger partial charge in [-0.1, -0.05) is 5.23 Å². The standard InChI is InChI=1S/C5H14NO7P.2Na.2H/c7-1-3-12-6(13-4-2-8)5-14(9,10)11;;;;/h7-8H,1-5H2,(H2,9,10,11);;;;/q;2*+1;2*-1. The Bertz CT molecular complexity index is 193. The van der Waals surface area contributed by atoms with Crippen molar-refractivity contribution in [1.82, 2.24) is 5.23 Å². The van der Waals surface area contributed by atoms with Gasteiger partial charge in [-0.25, -0.2) is 0 Å². The number of aliphatic hydroxyl groups excluding tert-OH is 2. The summed E-state index contributed by atoms with van der Waals surface area (Å²) in [7, 11) is -4.29. The zero-order chi connectivity index (χ0) is 11.0. The predicted molar refractivity (Wildman–Crippen MR) is 47.0 cm³/mol. The van der Waals surface area contributed by atoms with E-state index in [-0.39, 0.29) is 88.4 Å². The van der Waals surface area contributed by atoms with Gasteiger partial charge in [0.1, 0.15) is 0 Å². The fourth-order valence-corrected chi connectivity index (χ4v) is 1.02. The van der Waals surface area contributed by atoms with Crippen LogP contribution in [0.5, 0.6) is 0 Å². The zero-order valence-electron chi connectivity index (χ0n) is 11.4. The van der Waals surface area contributed by atoms with Gasteiger partial charge in [-0.3, -0.25) is 14.2 Å². The summed E-state index contributed by atoms with van der Waals surface area (Å²) in [6.45, 7) is -0.906. The average molecular weight is 279 g/mol. The first-order valence-electron chi connectivity index (χ1n) is 3.79. The van der Waals surface area contributed by atoms with E-state index in [1.807, 2.05) is 0 Å². The van der Waals surface area contributed by atoms with Crippen molar-refractivity contribution in [3.63, 3.8) is 0 Å². The van der Waals surface area contributed by atoms with Gasteiger partial charge >= 0.3 is 66.7 Å². The number of nitrogens with zero attached hydrogens (tertiary/aromatic N) is 1. The molecule has 0 fully saturated rings. The molecule has 0 saturated carbocycles. The molecule has 0 aliphatic heterocycles. The molecule has 0 unspecified atom stereocenters. The molecule has 0 aromatic carbocycles. The van der Waals surface area contributed by atoms with Crippen LogP contribution in [0.4, 0.5) is 0 Å². The van der Waals surface area contributed by atoms with E-state index in [0.717, 1.165) is 0 Å². The van der Waals surface area contributed by atoms with E-state index in [0.29, 0.717) is 5.23 Å². The van der Waals surface area contributed by atoms with Crippen molar-refractivity contribution in [2.24, 2.45) is 0 Å². The third-order valence-corrected chi connectivity index (χ3v) is 1.55. The third-order valence-electron chi connectivity index (χ3n) is 0.953. The Morgan fingerprint density at radius 2 is 1.44 bits per heavy atom. The number of rotatable bonds is 8. The smallest absolute Gasteiger partial charge is 1.00 e. The second-order valence-corrected chi connectivity index (χ2v) is 3.86. The van der Waals surface area contributed by atoms with Crippen LogP contribution < -0.4 is 59.1 Å². The molecule has 0 amide bonds. The molecular formula is C5H16NNa2O7P. The Morgan fingerprint density at radius 3 is 1.69 bits per heavy atom. The predicted octanol–water partition coefficient (Wildman–Crippen LogP) is -7.50. The minimum absolute atomic E-state index is 0. The normalized spacial score (nSPS) is 10.8. The van der Waals surface area contributed by atoms with E-state index in [4.69, 9.17) is 20.0 Å². The summed E-state index contributed by atoms with van der Waals surface area (Å²) in [5.74, 6) is 0. The molecule has 16 heavy (non-hydrogen) atoms. The zero-order valence-corrected chi connectivity index (χ0v) is 14.3. The summed E-state index contributed by atoms with van der Waals surface area (Å²) < 4.78 is 10.5. The van der Waals surface area contributed by atoms with Crippen LogP contribution in [0.25, 0.3) is 0 Å². The molecule has 0 saturated heterocycles. The van der Waals surface area contributed by atoms with Crippen molar-refractivity contribution in [1.29, 1.82) is 0 Å². The number of hydrogen-bond acceptors (Lipinski definition) is 6.